The second-order valence-corrected chi connectivity index (χ2v) is 6.53. The van der Waals surface area contributed by atoms with E-state index in [2.05, 4.69) is 0 Å². The standard InChI is InChI=1S/C16H27NO4/c1-13(21-15(19)17-11-7-4-8-12-17)20-14(18)16(2)9-5-3-6-10-16/h13H,3-12H2,1-2H3. The number of nitrogens with zero attached hydrogens (tertiary/aromatic N) is 1. The smallest absolute Gasteiger partial charge is 0.412 e. The molecule has 5 nitrogen and oxygen atoms in total. The SMILES string of the molecule is CC(OC(=O)N1CCCCC1)OC(=O)C1(C)CCCCC1. The van der Waals surface area contributed by atoms with E-state index in [1.54, 1.807) is 11.8 Å². The zero-order chi connectivity index (χ0) is 15.3. The van der Waals surface area contributed by atoms with Gasteiger partial charge in [0.2, 0.25) is 6.29 Å². The lowest BCUT2D eigenvalue weighted by atomic mass is 9.76. The Morgan fingerprint density at radius 3 is 2.14 bits per heavy atom. The molecule has 0 aromatic heterocycles. The van der Waals surface area contributed by atoms with Gasteiger partial charge in [-0.1, -0.05) is 19.3 Å². The first-order valence-electron chi connectivity index (χ1n) is 8.18. The highest BCUT2D eigenvalue weighted by atomic mass is 16.7. The summed E-state index contributed by atoms with van der Waals surface area (Å²) in [4.78, 5) is 25.9. The first-order valence-corrected chi connectivity index (χ1v) is 8.18. The van der Waals surface area contributed by atoms with Gasteiger partial charge in [-0.25, -0.2) is 4.79 Å². The first-order chi connectivity index (χ1) is 10.0. The number of ether oxygens (including phenoxy) is 2. The fourth-order valence-electron chi connectivity index (χ4n) is 3.15. The zero-order valence-electron chi connectivity index (χ0n) is 13.2. The molecule has 0 N–H and O–H groups in total. The van der Waals surface area contributed by atoms with Crippen LogP contribution in [0.4, 0.5) is 4.79 Å². The van der Waals surface area contributed by atoms with Crippen LogP contribution in [-0.2, 0) is 14.3 Å². The summed E-state index contributed by atoms with van der Waals surface area (Å²) in [5.41, 5.74) is -0.413. The molecule has 1 aliphatic heterocycles. The minimum atomic E-state index is -0.814. The highest BCUT2D eigenvalue weighted by molar-refractivity contribution is 5.76. The lowest BCUT2D eigenvalue weighted by Crippen LogP contribution is -2.40. The summed E-state index contributed by atoms with van der Waals surface area (Å²) in [7, 11) is 0. The Balaban J connectivity index is 1.79. The van der Waals surface area contributed by atoms with E-state index in [-0.39, 0.29) is 12.1 Å². The van der Waals surface area contributed by atoms with Gasteiger partial charge in [0.15, 0.2) is 0 Å². The largest absolute Gasteiger partial charge is 0.425 e. The van der Waals surface area contributed by atoms with E-state index in [9.17, 15) is 9.59 Å². The summed E-state index contributed by atoms with van der Waals surface area (Å²) in [6.07, 6.45) is 7.03. The molecule has 0 aromatic rings. The third-order valence-electron chi connectivity index (χ3n) is 4.60. The van der Waals surface area contributed by atoms with Crippen molar-refractivity contribution in [3.8, 4) is 0 Å². The van der Waals surface area contributed by atoms with Crippen LogP contribution in [0, 0.1) is 5.41 Å². The van der Waals surface area contributed by atoms with Crippen molar-refractivity contribution in [2.75, 3.05) is 13.1 Å². The van der Waals surface area contributed by atoms with Gasteiger partial charge in [0.25, 0.3) is 0 Å². The van der Waals surface area contributed by atoms with Crippen LogP contribution in [0.15, 0.2) is 0 Å². The minimum absolute atomic E-state index is 0.235. The number of hydrogen-bond donors (Lipinski definition) is 0. The fraction of sp³-hybridized carbons (Fsp3) is 0.875. The highest BCUT2D eigenvalue weighted by Crippen LogP contribution is 2.37. The molecule has 1 amide bonds. The Kier molecular flexibility index (Phi) is 5.48. The first kappa shape index (κ1) is 16.1. The number of piperidine rings is 1. The quantitative estimate of drug-likeness (QED) is 0.591. The van der Waals surface area contributed by atoms with Crippen molar-refractivity contribution in [1.29, 1.82) is 0 Å². The molecule has 120 valence electrons. The van der Waals surface area contributed by atoms with Gasteiger partial charge in [-0.2, -0.15) is 0 Å². The molecule has 1 saturated heterocycles. The van der Waals surface area contributed by atoms with Crippen LogP contribution < -0.4 is 0 Å². The van der Waals surface area contributed by atoms with Crippen molar-refractivity contribution in [3.63, 3.8) is 0 Å². The molecule has 0 radical (unpaired) electrons. The number of carbonyl (C=O) groups is 2. The van der Waals surface area contributed by atoms with Crippen LogP contribution in [0.25, 0.3) is 0 Å². The third kappa shape index (κ3) is 4.35. The van der Waals surface area contributed by atoms with E-state index in [1.807, 2.05) is 6.92 Å². The number of esters is 1. The second kappa shape index (κ2) is 7.14. The van der Waals surface area contributed by atoms with Crippen LogP contribution in [0.1, 0.15) is 65.2 Å². The average molecular weight is 297 g/mol. The molecule has 2 fully saturated rings. The monoisotopic (exact) mass is 297 g/mol. The summed E-state index contributed by atoms with van der Waals surface area (Å²) in [5, 5.41) is 0. The van der Waals surface area contributed by atoms with Crippen molar-refractivity contribution < 1.29 is 19.1 Å². The maximum atomic E-state index is 12.3. The van der Waals surface area contributed by atoms with Crippen LogP contribution in [0.3, 0.4) is 0 Å². The van der Waals surface area contributed by atoms with Gasteiger partial charge in [-0.15, -0.1) is 0 Å². The van der Waals surface area contributed by atoms with E-state index in [0.29, 0.717) is 0 Å². The van der Waals surface area contributed by atoms with Gasteiger partial charge >= 0.3 is 12.1 Å². The van der Waals surface area contributed by atoms with E-state index in [0.717, 1.165) is 58.0 Å². The van der Waals surface area contributed by atoms with Gasteiger partial charge in [-0.05, 0) is 39.0 Å². The molecule has 0 aromatic carbocycles. The van der Waals surface area contributed by atoms with Gasteiger partial charge in [-0.3, -0.25) is 4.79 Å². The molecule has 21 heavy (non-hydrogen) atoms. The Labute approximate surface area is 127 Å². The summed E-state index contributed by atoms with van der Waals surface area (Å²) in [6.45, 7) is 5.04. The minimum Gasteiger partial charge on any atom is -0.425 e. The molecular weight excluding hydrogens is 270 g/mol. The van der Waals surface area contributed by atoms with Crippen LogP contribution >= 0.6 is 0 Å². The maximum absolute atomic E-state index is 12.3. The van der Waals surface area contributed by atoms with E-state index < -0.39 is 11.7 Å². The topological polar surface area (TPSA) is 55.8 Å². The lowest BCUT2D eigenvalue weighted by molar-refractivity contribution is -0.179. The second-order valence-electron chi connectivity index (χ2n) is 6.53. The maximum Gasteiger partial charge on any atom is 0.412 e. The van der Waals surface area contributed by atoms with Crippen LogP contribution in [-0.4, -0.2) is 36.3 Å². The van der Waals surface area contributed by atoms with Crippen molar-refractivity contribution >= 4 is 12.1 Å². The zero-order valence-corrected chi connectivity index (χ0v) is 13.2. The number of rotatable bonds is 3. The third-order valence-corrected chi connectivity index (χ3v) is 4.60. The van der Waals surface area contributed by atoms with Gasteiger partial charge < -0.3 is 14.4 Å². The summed E-state index contributed by atoms with van der Waals surface area (Å²) in [6, 6.07) is 0. The summed E-state index contributed by atoms with van der Waals surface area (Å²) >= 11 is 0. The molecule has 0 spiro atoms. The molecule has 2 rings (SSSR count). The van der Waals surface area contributed by atoms with Gasteiger partial charge in [0.1, 0.15) is 0 Å². The van der Waals surface area contributed by atoms with E-state index in [1.165, 1.54) is 6.42 Å². The Morgan fingerprint density at radius 1 is 0.952 bits per heavy atom. The Morgan fingerprint density at radius 2 is 1.52 bits per heavy atom. The molecule has 2 aliphatic rings. The summed E-state index contributed by atoms with van der Waals surface area (Å²) < 4.78 is 10.6. The predicted molar refractivity (Wildman–Crippen MR) is 78.7 cm³/mol. The highest BCUT2D eigenvalue weighted by Gasteiger charge is 2.37. The van der Waals surface area contributed by atoms with E-state index >= 15 is 0 Å². The number of likely N-dealkylation sites (tertiary alicyclic amines) is 1. The molecule has 5 heteroatoms. The number of amides is 1. The van der Waals surface area contributed by atoms with Crippen LogP contribution in [0.2, 0.25) is 0 Å². The Hall–Kier alpha value is -1.26. The molecule has 1 atom stereocenters. The van der Waals surface area contributed by atoms with Gasteiger partial charge in [0, 0.05) is 20.0 Å². The normalized spacial score (nSPS) is 23.2. The summed E-state index contributed by atoms with van der Waals surface area (Å²) in [5.74, 6) is -0.235. The van der Waals surface area contributed by atoms with E-state index in [4.69, 9.17) is 9.47 Å². The van der Waals surface area contributed by atoms with Crippen LogP contribution in [0.5, 0.6) is 0 Å². The van der Waals surface area contributed by atoms with Gasteiger partial charge in [0.05, 0.1) is 5.41 Å². The molecule has 1 aliphatic carbocycles. The van der Waals surface area contributed by atoms with Crippen molar-refractivity contribution in [2.24, 2.45) is 5.41 Å². The fourth-order valence-corrected chi connectivity index (χ4v) is 3.15. The average Bonchev–Trinajstić information content (AvgIpc) is 2.48. The number of carbonyl (C=O) groups excluding carboxylic acids is 2. The Bertz CT molecular complexity index is 370. The van der Waals surface area contributed by atoms with Crippen molar-refractivity contribution in [3.05, 3.63) is 0 Å². The van der Waals surface area contributed by atoms with Crippen molar-refractivity contribution in [1.82, 2.24) is 4.90 Å². The van der Waals surface area contributed by atoms with Crippen molar-refractivity contribution in [2.45, 2.75) is 71.5 Å². The number of hydrogen-bond acceptors (Lipinski definition) is 4. The molecule has 1 saturated carbocycles. The molecule has 0 bridgehead atoms. The molecule has 1 unspecified atom stereocenters. The molecule has 1 heterocycles. The lowest BCUT2D eigenvalue weighted by Gasteiger charge is -2.32. The molecular formula is C16H27NO4. The predicted octanol–water partition coefficient (Wildman–Crippen LogP) is 3.47.